The van der Waals surface area contributed by atoms with Gasteiger partial charge in [0.1, 0.15) is 6.07 Å². The fourth-order valence-electron chi connectivity index (χ4n) is 2.55. The molecule has 3 nitrogen and oxygen atoms in total. The first kappa shape index (κ1) is 14.6. The van der Waals surface area contributed by atoms with Crippen LogP contribution >= 0.6 is 0 Å². The first-order valence-corrected chi connectivity index (χ1v) is 7.47. The second-order valence-electron chi connectivity index (χ2n) is 5.31. The molecule has 3 aromatic rings. The van der Waals surface area contributed by atoms with E-state index < -0.39 is 0 Å². The third-order valence-corrected chi connectivity index (χ3v) is 3.91. The fourth-order valence-corrected chi connectivity index (χ4v) is 2.55. The monoisotopic (exact) mass is 297 g/mol. The van der Waals surface area contributed by atoms with Crippen LogP contribution in [0.2, 0.25) is 0 Å². The summed E-state index contributed by atoms with van der Waals surface area (Å²) < 4.78 is 1.96. The lowest BCUT2D eigenvalue weighted by molar-refractivity contribution is 1.06. The molecule has 3 rings (SSSR count). The number of aromatic nitrogens is 1. The summed E-state index contributed by atoms with van der Waals surface area (Å²) in [4.78, 5) is 0. The Hall–Kier alpha value is -3.30. The Kier molecular flexibility index (Phi) is 3.95. The molecule has 0 N–H and O–H groups in total. The molecule has 0 spiro atoms. The van der Waals surface area contributed by atoms with Crippen molar-refractivity contribution in [3.63, 3.8) is 0 Å². The maximum Gasteiger partial charge on any atom is 0.101 e. The van der Waals surface area contributed by atoms with Crippen molar-refractivity contribution in [1.29, 1.82) is 10.5 Å². The molecule has 1 aromatic heterocycles. The topological polar surface area (TPSA) is 52.5 Å². The number of hydrogen-bond donors (Lipinski definition) is 0. The van der Waals surface area contributed by atoms with Crippen LogP contribution in [-0.4, -0.2) is 4.57 Å². The van der Waals surface area contributed by atoms with Gasteiger partial charge in [0, 0.05) is 23.6 Å². The number of nitrogens with zero attached hydrogens (tertiary/aromatic N) is 3. The van der Waals surface area contributed by atoms with Crippen LogP contribution in [0.3, 0.4) is 0 Å². The van der Waals surface area contributed by atoms with Crippen LogP contribution in [0.4, 0.5) is 0 Å². The second-order valence-corrected chi connectivity index (χ2v) is 5.31. The van der Waals surface area contributed by atoms with Gasteiger partial charge in [-0.2, -0.15) is 10.5 Å². The Bertz CT molecular complexity index is 902. The van der Waals surface area contributed by atoms with Crippen LogP contribution in [0.15, 0.2) is 60.9 Å². The Morgan fingerprint density at radius 2 is 1.57 bits per heavy atom. The zero-order chi connectivity index (χ0) is 16.2. The average Bonchev–Trinajstić information content (AvgIpc) is 3.06. The second kappa shape index (κ2) is 6.22. The minimum atomic E-state index is 0.613. The molecule has 1 heterocycles. The Morgan fingerprint density at radius 1 is 0.870 bits per heavy atom. The van der Waals surface area contributed by atoms with Crippen molar-refractivity contribution in [3.8, 4) is 29.0 Å². The zero-order valence-corrected chi connectivity index (χ0v) is 12.8. The van der Waals surface area contributed by atoms with E-state index in [0.29, 0.717) is 11.1 Å². The van der Waals surface area contributed by atoms with Gasteiger partial charge in [0.25, 0.3) is 0 Å². The van der Waals surface area contributed by atoms with Gasteiger partial charge in [0.2, 0.25) is 0 Å². The summed E-state index contributed by atoms with van der Waals surface area (Å²) in [5.41, 5.74) is 5.35. The van der Waals surface area contributed by atoms with Gasteiger partial charge in [-0.1, -0.05) is 31.2 Å². The highest BCUT2D eigenvalue weighted by Gasteiger charge is 2.10. The van der Waals surface area contributed by atoms with E-state index in [-0.39, 0.29) is 0 Å². The molecule has 0 bridgehead atoms. The van der Waals surface area contributed by atoms with Crippen molar-refractivity contribution in [3.05, 3.63) is 77.6 Å². The summed E-state index contributed by atoms with van der Waals surface area (Å²) in [6.07, 6.45) is 4.81. The van der Waals surface area contributed by atoms with Gasteiger partial charge in [-0.25, -0.2) is 0 Å². The average molecular weight is 297 g/mol. The smallest absolute Gasteiger partial charge is 0.101 e. The van der Waals surface area contributed by atoms with E-state index in [9.17, 15) is 5.26 Å². The van der Waals surface area contributed by atoms with E-state index in [4.69, 9.17) is 5.26 Å². The Balaban J connectivity index is 2.03. The highest BCUT2D eigenvalue weighted by molar-refractivity contribution is 5.71. The predicted octanol–water partition coefficient (Wildman–Crippen LogP) is 4.45. The molecule has 0 unspecified atom stereocenters. The molecule has 3 heteroatoms. The minimum absolute atomic E-state index is 0.613. The fraction of sp³-hybridized carbons (Fsp3) is 0.100. The van der Waals surface area contributed by atoms with Crippen molar-refractivity contribution in [2.75, 3.05) is 0 Å². The summed E-state index contributed by atoms with van der Waals surface area (Å²) in [5, 5.41) is 18.3. The Morgan fingerprint density at radius 3 is 2.13 bits per heavy atom. The maximum atomic E-state index is 9.41. The third-order valence-electron chi connectivity index (χ3n) is 3.91. The van der Waals surface area contributed by atoms with Crippen molar-refractivity contribution >= 4 is 0 Å². The molecule has 0 fully saturated rings. The lowest BCUT2D eigenvalue weighted by Crippen LogP contribution is -1.90. The number of hydrogen-bond acceptors (Lipinski definition) is 2. The van der Waals surface area contributed by atoms with Crippen LogP contribution in [-0.2, 0) is 6.42 Å². The molecule has 2 aromatic carbocycles. The van der Waals surface area contributed by atoms with E-state index in [0.717, 1.165) is 23.2 Å². The van der Waals surface area contributed by atoms with Crippen LogP contribution in [0.1, 0.15) is 23.6 Å². The van der Waals surface area contributed by atoms with Gasteiger partial charge in [0.15, 0.2) is 0 Å². The van der Waals surface area contributed by atoms with Crippen molar-refractivity contribution in [2.24, 2.45) is 0 Å². The van der Waals surface area contributed by atoms with Crippen molar-refractivity contribution in [2.45, 2.75) is 13.3 Å². The molecule has 0 aliphatic heterocycles. The summed E-state index contributed by atoms with van der Waals surface area (Å²) in [5.74, 6) is 0. The highest BCUT2D eigenvalue weighted by atomic mass is 14.9. The van der Waals surface area contributed by atoms with Gasteiger partial charge in [0.05, 0.1) is 17.2 Å². The molecule has 23 heavy (non-hydrogen) atoms. The normalized spacial score (nSPS) is 10.0. The van der Waals surface area contributed by atoms with Gasteiger partial charge in [-0.15, -0.1) is 0 Å². The number of rotatable bonds is 3. The van der Waals surface area contributed by atoms with Gasteiger partial charge in [-0.3, -0.25) is 0 Å². The van der Waals surface area contributed by atoms with Crippen molar-refractivity contribution in [1.82, 2.24) is 4.57 Å². The number of aryl methyl sites for hydroxylation is 1. The van der Waals surface area contributed by atoms with Crippen molar-refractivity contribution < 1.29 is 0 Å². The summed E-state index contributed by atoms with van der Waals surface area (Å²) in [7, 11) is 0. The minimum Gasteiger partial charge on any atom is -0.322 e. The molecular weight excluding hydrogens is 282 g/mol. The van der Waals surface area contributed by atoms with E-state index >= 15 is 0 Å². The molecule has 0 saturated carbocycles. The van der Waals surface area contributed by atoms with E-state index in [1.165, 1.54) is 5.56 Å². The quantitative estimate of drug-likeness (QED) is 0.717. The van der Waals surface area contributed by atoms with Crippen LogP contribution in [0.5, 0.6) is 0 Å². The largest absolute Gasteiger partial charge is 0.322 e. The third kappa shape index (κ3) is 2.86. The van der Waals surface area contributed by atoms with E-state index in [1.54, 1.807) is 12.1 Å². The Labute approximate surface area is 135 Å². The standard InChI is InChI=1S/C20H15N3/c1-2-15-5-9-19(10-6-15)23-13-18(12-22)20(14-23)17-7-3-16(11-21)4-8-17/h3-10,13-14H,2H2,1H3. The van der Waals surface area contributed by atoms with E-state index in [1.807, 2.05) is 29.1 Å². The first-order chi connectivity index (χ1) is 11.2. The van der Waals surface area contributed by atoms with Gasteiger partial charge >= 0.3 is 0 Å². The van der Waals surface area contributed by atoms with Crippen LogP contribution < -0.4 is 0 Å². The van der Waals surface area contributed by atoms with E-state index in [2.05, 4.69) is 43.3 Å². The van der Waals surface area contributed by atoms with Gasteiger partial charge in [-0.05, 0) is 41.8 Å². The molecule has 0 saturated heterocycles. The first-order valence-electron chi connectivity index (χ1n) is 7.47. The molecule has 0 aliphatic rings. The van der Waals surface area contributed by atoms with Gasteiger partial charge < -0.3 is 4.57 Å². The number of benzene rings is 2. The van der Waals surface area contributed by atoms with Crippen LogP contribution in [0.25, 0.3) is 16.8 Å². The maximum absolute atomic E-state index is 9.41. The molecule has 110 valence electrons. The van der Waals surface area contributed by atoms with Crippen LogP contribution in [0, 0.1) is 22.7 Å². The molecular formula is C20H15N3. The summed E-state index contributed by atoms with van der Waals surface area (Å²) >= 11 is 0. The molecule has 0 atom stereocenters. The molecule has 0 amide bonds. The summed E-state index contributed by atoms with van der Waals surface area (Å²) in [6.45, 7) is 2.13. The highest BCUT2D eigenvalue weighted by Crippen LogP contribution is 2.26. The molecule has 0 aliphatic carbocycles. The molecule has 0 radical (unpaired) electrons. The summed E-state index contributed by atoms with van der Waals surface area (Å²) in [6, 6.07) is 20.0. The lowest BCUT2D eigenvalue weighted by atomic mass is 10.0. The predicted molar refractivity (Wildman–Crippen MR) is 90.0 cm³/mol. The lowest BCUT2D eigenvalue weighted by Gasteiger charge is -2.04. The number of nitriles is 2. The SMILES string of the molecule is CCc1ccc(-n2cc(C#N)c(-c3ccc(C#N)cc3)c2)cc1. The zero-order valence-electron chi connectivity index (χ0n) is 12.8.